The van der Waals surface area contributed by atoms with E-state index in [9.17, 15) is 0 Å². The van der Waals surface area contributed by atoms with Gasteiger partial charge in [-0.15, -0.1) is 0 Å². The predicted molar refractivity (Wildman–Crippen MR) is 366 cm³/mol. The van der Waals surface area contributed by atoms with Crippen LogP contribution in [0.2, 0.25) is 0 Å². The van der Waals surface area contributed by atoms with Crippen molar-refractivity contribution in [3.8, 4) is 68.0 Å². The number of hydrogen-bond donors (Lipinski definition) is 0. The van der Waals surface area contributed by atoms with Gasteiger partial charge in [-0.2, -0.15) is 9.97 Å². The zero-order chi connectivity index (χ0) is 58.3. The maximum absolute atomic E-state index is 6.75. The van der Waals surface area contributed by atoms with E-state index in [0.717, 1.165) is 138 Å². The molecule has 0 spiro atoms. The molecular weight excluding hydrogens is 1090 g/mol. The first-order valence-corrected chi connectivity index (χ1v) is 30.2. The standard InChI is InChI=1S/C81H49N7O/c1-6-20-50(21-7-1)79-82-80(51-22-8-2-9-23-51)84-81(83-79)88-73-43-37-55(47-66(73)68-49-74-67(48-75(68)88)59-30-16-18-32-69(59)86(74)57-26-12-4-13-27-57)54-35-41-71-65(46-54)64-45-53(34-40-70(64)85(71)56-24-10-3-11-25-56)52-36-42-72-63(44-52)61-38-39-62-60-31-17-19-33-76(60)89-78(62)77(61)87(72)58-28-14-5-15-29-58/h1-49H. The summed E-state index contributed by atoms with van der Waals surface area (Å²) in [7, 11) is 0. The molecule has 0 saturated carbocycles. The highest BCUT2D eigenvalue weighted by atomic mass is 16.3. The van der Waals surface area contributed by atoms with Gasteiger partial charge in [0.25, 0.3) is 0 Å². The van der Waals surface area contributed by atoms with Crippen LogP contribution in [0.3, 0.4) is 0 Å². The van der Waals surface area contributed by atoms with Crippen molar-refractivity contribution in [3.63, 3.8) is 0 Å². The Morgan fingerprint density at radius 2 is 0.596 bits per heavy atom. The predicted octanol–water partition coefficient (Wildman–Crippen LogP) is 20.8. The van der Waals surface area contributed by atoms with Crippen molar-refractivity contribution in [1.82, 2.24) is 33.2 Å². The molecule has 0 fully saturated rings. The fourth-order valence-electron chi connectivity index (χ4n) is 14.2. The fraction of sp³-hybridized carbons (Fsp3) is 0. The molecule has 89 heavy (non-hydrogen) atoms. The molecular formula is C81H49N7O. The Bertz CT molecular complexity index is 6020. The van der Waals surface area contributed by atoms with Crippen molar-refractivity contribution < 1.29 is 4.42 Å². The van der Waals surface area contributed by atoms with Crippen molar-refractivity contribution in [3.05, 3.63) is 297 Å². The Balaban J connectivity index is 0.827. The van der Waals surface area contributed by atoms with Gasteiger partial charge in [-0.1, -0.05) is 182 Å². The highest BCUT2D eigenvalue weighted by Gasteiger charge is 2.24. The summed E-state index contributed by atoms with van der Waals surface area (Å²) in [4.78, 5) is 15.8. The van der Waals surface area contributed by atoms with Crippen LogP contribution >= 0.6 is 0 Å². The number of rotatable bonds is 8. The number of para-hydroxylation sites is 5. The summed E-state index contributed by atoms with van der Waals surface area (Å²) in [6.45, 7) is 0. The Kier molecular flexibility index (Phi) is 10.6. The monoisotopic (exact) mass is 1140 g/mol. The smallest absolute Gasteiger partial charge is 0.238 e. The van der Waals surface area contributed by atoms with Crippen LogP contribution in [0.25, 0.3) is 177 Å². The summed E-state index contributed by atoms with van der Waals surface area (Å²) in [5, 5.41) is 11.4. The van der Waals surface area contributed by atoms with E-state index in [1.54, 1.807) is 0 Å². The van der Waals surface area contributed by atoms with Crippen molar-refractivity contribution in [1.29, 1.82) is 0 Å². The molecule has 414 valence electrons. The number of furan rings is 1. The average Bonchev–Trinajstić information content (AvgIpc) is 1.62. The summed E-state index contributed by atoms with van der Waals surface area (Å²) < 4.78 is 16.2. The van der Waals surface area contributed by atoms with E-state index in [0.29, 0.717) is 17.6 Å². The van der Waals surface area contributed by atoms with E-state index >= 15 is 0 Å². The molecule has 0 N–H and O–H groups in total. The molecule has 0 aliphatic heterocycles. The summed E-state index contributed by atoms with van der Waals surface area (Å²) in [6, 6.07) is 107. The van der Waals surface area contributed by atoms with Crippen LogP contribution in [-0.4, -0.2) is 33.2 Å². The van der Waals surface area contributed by atoms with E-state index in [1.165, 1.54) is 21.5 Å². The van der Waals surface area contributed by atoms with Crippen LogP contribution < -0.4 is 0 Å². The van der Waals surface area contributed by atoms with Gasteiger partial charge in [0, 0.05) is 82.1 Å². The molecule has 0 radical (unpaired) electrons. The molecule has 19 rings (SSSR count). The Hall–Kier alpha value is -12.1. The Labute approximate surface area is 509 Å². The molecule has 6 heterocycles. The normalized spacial score (nSPS) is 12.0. The van der Waals surface area contributed by atoms with Crippen LogP contribution in [0.5, 0.6) is 0 Å². The second-order valence-corrected chi connectivity index (χ2v) is 23.1. The molecule has 19 aromatic rings. The third-order valence-corrected chi connectivity index (χ3v) is 18.2. The van der Waals surface area contributed by atoms with Gasteiger partial charge in [0.05, 0.1) is 44.1 Å². The van der Waals surface area contributed by atoms with E-state index < -0.39 is 0 Å². The third-order valence-electron chi connectivity index (χ3n) is 18.2. The highest BCUT2D eigenvalue weighted by Crippen LogP contribution is 2.45. The maximum atomic E-state index is 6.75. The van der Waals surface area contributed by atoms with Crippen LogP contribution in [0, 0.1) is 0 Å². The van der Waals surface area contributed by atoms with Crippen LogP contribution in [0.4, 0.5) is 0 Å². The molecule has 0 bridgehead atoms. The van der Waals surface area contributed by atoms with Gasteiger partial charge >= 0.3 is 0 Å². The van der Waals surface area contributed by atoms with E-state index in [-0.39, 0.29) is 0 Å². The molecule has 0 unspecified atom stereocenters. The van der Waals surface area contributed by atoms with Gasteiger partial charge in [-0.25, -0.2) is 4.98 Å². The largest absolute Gasteiger partial charge is 0.454 e. The summed E-state index contributed by atoms with van der Waals surface area (Å²) in [5.41, 5.74) is 20.1. The van der Waals surface area contributed by atoms with Crippen LogP contribution in [0.1, 0.15) is 0 Å². The number of fused-ring (bicyclic) bond motifs is 16. The average molecular weight is 1140 g/mol. The number of aromatic nitrogens is 7. The third kappa shape index (κ3) is 7.51. The maximum Gasteiger partial charge on any atom is 0.238 e. The lowest BCUT2D eigenvalue weighted by Crippen LogP contribution is -2.06. The molecule has 8 nitrogen and oxygen atoms in total. The molecule has 0 atom stereocenters. The van der Waals surface area contributed by atoms with Gasteiger partial charge in [0.15, 0.2) is 17.2 Å². The zero-order valence-electron chi connectivity index (χ0n) is 47.8. The van der Waals surface area contributed by atoms with Gasteiger partial charge < -0.3 is 18.1 Å². The molecule has 8 heteroatoms. The highest BCUT2D eigenvalue weighted by molar-refractivity contribution is 6.23. The van der Waals surface area contributed by atoms with E-state index in [1.807, 2.05) is 42.5 Å². The van der Waals surface area contributed by atoms with Gasteiger partial charge in [-0.3, -0.25) is 4.57 Å². The fourth-order valence-corrected chi connectivity index (χ4v) is 14.2. The van der Waals surface area contributed by atoms with Crippen LogP contribution in [0.15, 0.2) is 302 Å². The lowest BCUT2D eigenvalue weighted by Gasteiger charge is -2.11. The molecule has 0 aliphatic rings. The van der Waals surface area contributed by atoms with Gasteiger partial charge in [0.2, 0.25) is 5.95 Å². The SMILES string of the molecule is c1ccc(-c2nc(-c3ccccc3)nc(-n3c4ccc(-c5ccc6c(c5)c5cc(-c7ccc8c(c7)c7ccc9c%10ccccc%10oc9c7n8-c7ccccc7)ccc5n6-c5ccccc5)cc4c4cc5c(cc43)c3ccccc3n5-c3ccccc3)n2)cc1. The second kappa shape index (κ2) is 19.2. The van der Waals surface area contributed by atoms with Gasteiger partial charge in [-0.05, 0) is 138 Å². The lowest BCUT2D eigenvalue weighted by atomic mass is 9.98. The minimum absolute atomic E-state index is 0.548. The Morgan fingerprint density at radius 3 is 1.13 bits per heavy atom. The van der Waals surface area contributed by atoms with Crippen molar-refractivity contribution in [2.24, 2.45) is 0 Å². The minimum atomic E-state index is 0.548. The quantitative estimate of drug-likeness (QED) is 0.152. The molecule has 0 aliphatic carbocycles. The number of hydrogen-bond acceptors (Lipinski definition) is 4. The van der Waals surface area contributed by atoms with Gasteiger partial charge in [0.1, 0.15) is 5.58 Å². The van der Waals surface area contributed by atoms with E-state index in [2.05, 4.69) is 273 Å². The van der Waals surface area contributed by atoms with Crippen molar-refractivity contribution >= 4 is 109 Å². The molecule has 0 saturated heterocycles. The molecule has 6 aromatic heterocycles. The lowest BCUT2D eigenvalue weighted by molar-refractivity contribution is 0.671. The molecule has 13 aromatic carbocycles. The summed E-state index contributed by atoms with van der Waals surface area (Å²) in [5.74, 6) is 1.76. The Morgan fingerprint density at radius 1 is 0.225 bits per heavy atom. The van der Waals surface area contributed by atoms with E-state index in [4.69, 9.17) is 19.4 Å². The van der Waals surface area contributed by atoms with Crippen molar-refractivity contribution in [2.45, 2.75) is 0 Å². The zero-order valence-corrected chi connectivity index (χ0v) is 47.8. The number of nitrogens with zero attached hydrogens (tertiary/aromatic N) is 7. The minimum Gasteiger partial charge on any atom is -0.454 e. The summed E-state index contributed by atoms with van der Waals surface area (Å²) >= 11 is 0. The molecule has 0 amide bonds. The summed E-state index contributed by atoms with van der Waals surface area (Å²) in [6.07, 6.45) is 0. The number of benzene rings is 13. The first kappa shape index (κ1) is 49.2. The first-order valence-electron chi connectivity index (χ1n) is 30.2. The topological polar surface area (TPSA) is 71.5 Å². The second-order valence-electron chi connectivity index (χ2n) is 23.1. The van der Waals surface area contributed by atoms with Crippen molar-refractivity contribution in [2.75, 3.05) is 0 Å². The first-order chi connectivity index (χ1) is 44.1. The van der Waals surface area contributed by atoms with Crippen LogP contribution in [-0.2, 0) is 0 Å².